The van der Waals surface area contributed by atoms with Crippen molar-refractivity contribution in [1.29, 1.82) is 0 Å². The molecule has 0 aromatic heterocycles. The fourth-order valence-corrected chi connectivity index (χ4v) is 3.05. The van der Waals surface area contributed by atoms with Crippen molar-refractivity contribution >= 4 is 17.3 Å². The maximum absolute atomic E-state index is 13.7. The molecule has 0 aliphatic carbocycles. The number of amides is 1. The van der Waals surface area contributed by atoms with E-state index in [9.17, 15) is 14.3 Å². The fourth-order valence-electron chi connectivity index (χ4n) is 3.05. The minimum atomic E-state index is -0.438. The van der Waals surface area contributed by atoms with Crippen LogP contribution in [0.3, 0.4) is 0 Å². The second kappa shape index (κ2) is 7.53. The van der Waals surface area contributed by atoms with Gasteiger partial charge in [-0.25, -0.2) is 4.39 Å². The van der Waals surface area contributed by atoms with Crippen LogP contribution in [0.5, 0.6) is 5.75 Å². The van der Waals surface area contributed by atoms with Crippen LogP contribution in [0.2, 0.25) is 0 Å². The molecule has 0 saturated carbocycles. The van der Waals surface area contributed by atoms with Crippen molar-refractivity contribution < 1.29 is 14.3 Å². The first kappa shape index (κ1) is 17.2. The Morgan fingerprint density at radius 3 is 2.40 bits per heavy atom. The molecule has 3 rings (SSSR count). The van der Waals surface area contributed by atoms with Gasteiger partial charge in [-0.3, -0.25) is 9.69 Å². The van der Waals surface area contributed by atoms with Gasteiger partial charge in [-0.1, -0.05) is 24.3 Å². The summed E-state index contributed by atoms with van der Waals surface area (Å²) < 4.78 is 13.7. The van der Waals surface area contributed by atoms with Crippen molar-refractivity contribution in [3.63, 3.8) is 0 Å². The highest BCUT2D eigenvalue weighted by molar-refractivity contribution is 5.94. The number of nitrogens with zero attached hydrogens (tertiary/aromatic N) is 2. The van der Waals surface area contributed by atoms with Crippen molar-refractivity contribution in [2.45, 2.75) is 13.0 Å². The Balaban J connectivity index is 1.58. The van der Waals surface area contributed by atoms with Gasteiger partial charge in [0.25, 0.3) is 0 Å². The molecule has 2 N–H and O–H groups in total. The van der Waals surface area contributed by atoms with E-state index in [2.05, 4.69) is 15.1 Å². The minimum absolute atomic E-state index is 0.201. The van der Waals surface area contributed by atoms with Gasteiger partial charge in [-0.05, 0) is 31.2 Å². The summed E-state index contributed by atoms with van der Waals surface area (Å²) in [6.07, 6.45) is 0. The highest BCUT2D eigenvalue weighted by atomic mass is 19.1. The largest absolute Gasteiger partial charge is 0.506 e. The number of rotatable bonds is 4. The van der Waals surface area contributed by atoms with Gasteiger partial charge in [-0.15, -0.1) is 0 Å². The SMILES string of the molecule is C[C@H](C(=O)Nc1ccccc1F)N1CCN(c2ccccc2O)CC1. The summed E-state index contributed by atoms with van der Waals surface area (Å²) in [5.74, 6) is -0.394. The molecule has 0 spiro atoms. The van der Waals surface area contributed by atoms with E-state index < -0.39 is 5.82 Å². The fraction of sp³-hybridized carbons (Fsp3) is 0.316. The summed E-state index contributed by atoms with van der Waals surface area (Å²) in [5.41, 5.74) is 1.01. The number of hydrogen-bond acceptors (Lipinski definition) is 4. The summed E-state index contributed by atoms with van der Waals surface area (Å²) in [4.78, 5) is 16.6. The molecule has 0 radical (unpaired) electrons. The van der Waals surface area contributed by atoms with E-state index >= 15 is 0 Å². The van der Waals surface area contributed by atoms with E-state index in [1.54, 1.807) is 30.3 Å². The molecule has 1 saturated heterocycles. The van der Waals surface area contributed by atoms with Crippen molar-refractivity contribution in [3.05, 3.63) is 54.3 Å². The predicted molar refractivity (Wildman–Crippen MR) is 96.4 cm³/mol. The first-order valence-corrected chi connectivity index (χ1v) is 8.38. The Morgan fingerprint density at radius 1 is 1.08 bits per heavy atom. The average Bonchev–Trinajstić information content (AvgIpc) is 2.63. The first-order valence-electron chi connectivity index (χ1n) is 8.38. The Labute approximate surface area is 146 Å². The van der Waals surface area contributed by atoms with Crippen molar-refractivity contribution in [1.82, 2.24) is 4.90 Å². The third kappa shape index (κ3) is 3.91. The van der Waals surface area contributed by atoms with E-state index in [0.29, 0.717) is 13.1 Å². The van der Waals surface area contributed by atoms with Gasteiger partial charge in [0.05, 0.1) is 17.4 Å². The third-order valence-electron chi connectivity index (χ3n) is 4.60. The van der Waals surface area contributed by atoms with Crippen LogP contribution >= 0.6 is 0 Å². The lowest BCUT2D eigenvalue weighted by atomic mass is 10.2. The van der Waals surface area contributed by atoms with Crippen molar-refractivity contribution in [2.24, 2.45) is 0 Å². The zero-order chi connectivity index (χ0) is 17.8. The van der Waals surface area contributed by atoms with Gasteiger partial charge in [0.15, 0.2) is 0 Å². The number of nitrogens with one attached hydrogen (secondary N) is 1. The maximum atomic E-state index is 13.7. The molecule has 1 amide bonds. The molecule has 0 unspecified atom stereocenters. The van der Waals surface area contributed by atoms with Crippen LogP contribution < -0.4 is 10.2 Å². The number of aromatic hydroxyl groups is 1. The molecule has 1 aliphatic heterocycles. The van der Waals surface area contributed by atoms with E-state index in [4.69, 9.17) is 0 Å². The van der Waals surface area contributed by atoms with Crippen LogP contribution in [0.25, 0.3) is 0 Å². The normalized spacial score (nSPS) is 16.5. The average molecular weight is 343 g/mol. The van der Waals surface area contributed by atoms with Crippen molar-refractivity contribution in [3.8, 4) is 5.75 Å². The lowest BCUT2D eigenvalue weighted by Crippen LogP contribution is -2.52. The second-order valence-electron chi connectivity index (χ2n) is 6.16. The number of carbonyl (C=O) groups excluding carboxylic acids is 1. The van der Waals surface area contributed by atoms with Gasteiger partial charge >= 0.3 is 0 Å². The lowest BCUT2D eigenvalue weighted by Gasteiger charge is -2.38. The van der Waals surface area contributed by atoms with E-state index in [-0.39, 0.29) is 23.4 Å². The summed E-state index contributed by atoms with van der Waals surface area (Å²) >= 11 is 0. The van der Waals surface area contributed by atoms with Crippen LogP contribution in [0.4, 0.5) is 15.8 Å². The van der Waals surface area contributed by atoms with Crippen LogP contribution in [0.1, 0.15) is 6.92 Å². The molecule has 6 heteroatoms. The van der Waals surface area contributed by atoms with Crippen LogP contribution in [0, 0.1) is 5.82 Å². The highest BCUT2D eigenvalue weighted by Crippen LogP contribution is 2.27. The molecule has 25 heavy (non-hydrogen) atoms. The molecular formula is C19H22FN3O2. The number of piperazine rings is 1. The molecule has 1 atom stereocenters. The number of hydrogen-bond donors (Lipinski definition) is 2. The number of halogens is 1. The molecule has 5 nitrogen and oxygen atoms in total. The minimum Gasteiger partial charge on any atom is -0.506 e. The van der Waals surface area contributed by atoms with Crippen LogP contribution in [-0.4, -0.2) is 48.1 Å². The number of carbonyl (C=O) groups is 1. The summed E-state index contributed by atoms with van der Waals surface area (Å²) in [7, 11) is 0. The standard InChI is InChI=1S/C19H22FN3O2/c1-14(19(25)21-16-7-3-2-6-15(16)20)22-10-12-23(13-11-22)17-8-4-5-9-18(17)24/h2-9,14,24H,10-13H2,1H3,(H,21,25)/t14-/m1/s1. The smallest absolute Gasteiger partial charge is 0.241 e. The van der Waals surface area contributed by atoms with Gasteiger partial charge < -0.3 is 15.3 Å². The molecule has 1 heterocycles. The Bertz CT molecular complexity index is 745. The number of anilines is 2. The van der Waals surface area contributed by atoms with E-state index in [1.807, 2.05) is 19.1 Å². The quantitative estimate of drug-likeness (QED) is 0.896. The zero-order valence-corrected chi connectivity index (χ0v) is 14.2. The highest BCUT2D eigenvalue weighted by Gasteiger charge is 2.26. The summed E-state index contributed by atoms with van der Waals surface area (Å²) in [6.45, 7) is 4.65. The maximum Gasteiger partial charge on any atom is 0.241 e. The molecule has 2 aromatic carbocycles. The van der Waals surface area contributed by atoms with E-state index in [0.717, 1.165) is 18.8 Å². The van der Waals surface area contributed by atoms with Gasteiger partial charge in [0.2, 0.25) is 5.91 Å². The van der Waals surface area contributed by atoms with Gasteiger partial charge in [-0.2, -0.15) is 0 Å². The van der Waals surface area contributed by atoms with Crippen LogP contribution in [-0.2, 0) is 4.79 Å². The zero-order valence-electron chi connectivity index (χ0n) is 14.2. The third-order valence-corrected chi connectivity index (χ3v) is 4.60. The predicted octanol–water partition coefficient (Wildman–Crippen LogP) is 2.68. The summed E-state index contributed by atoms with van der Waals surface area (Å²) in [5, 5.41) is 12.6. The Morgan fingerprint density at radius 2 is 1.72 bits per heavy atom. The van der Waals surface area contributed by atoms with Gasteiger partial charge in [0, 0.05) is 26.2 Å². The molecule has 132 valence electrons. The number of para-hydroxylation sites is 3. The Kier molecular flexibility index (Phi) is 5.19. The topological polar surface area (TPSA) is 55.8 Å². The van der Waals surface area contributed by atoms with Gasteiger partial charge in [0.1, 0.15) is 11.6 Å². The summed E-state index contributed by atoms with van der Waals surface area (Å²) in [6, 6.07) is 13.1. The molecule has 2 aromatic rings. The number of benzene rings is 2. The second-order valence-corrected chi connectivity index (χ2v) is 6.16. The number of phenols is 1. The molecule has 1 fully saturated rings. The van der Waals surface area contributed by atoms with E-state index in [1.165, 1.54) is 6.07 Å². The Hall–Kier alpha value is -2.60. The van der Waals surface area contributed by atoms with Crippen LogP contribution in [0.15, 0.2) is 48.5 Å². The van der Waals surface area contributed by atoms with Crippen molar-refractivity contribution in [2.75, 3.05) is 36.4 Å². The molecule has 1 aliphatic rings. The first-order chi connectivity index (χ1) is 12.1. The molecule has 0 bridgehead atoms. The molecular weight excluding hydrogens is 321 g/mol. The number of phenolic OH excluding ortho intramolecular Hbond substituents is 1. The monoisotopic (exact) mass is 343 g/mol. The lowest BCUT2D eigenvalue weighted by molar-refractivity contribution is -0.120.